The van der Waals surface area contributed by atoms with Crippen molar-refractivity contribution in [2.24, 2.45) is 0 Å². The first-order valence-electron chi connectivity index (χ1n) is 8.56. The highest BCUT2D eigenvalue weighted by Crippen LogP contribution is 2.19. The fourth-order valence-corrected chi connectivity index (χ4v) is 2.95. The van der Waals surface area contributed by atoms with Gasteiger partial charge in [0.2, 0.25) is 0 Å². The molecule has 6 heteroatoms. The predicted molar refractivity (Wildman–Crippen MR) is 94.1 cm³/mol. The fourth-order valence-electron chi connectivity index (χ4n) is 2.95. The van der Waals surface area contributed by atoms with Gasteiger partial charge < -0.3 is 14.4 Å². The normalized spacial score (nSPS) is 16.8. The van der Waals surface area contributed by atoms with E-state index in [0.29, 0.717) is 31.3 Å². The summed E-state index contributed by atoms with van der Waals surface area (Å²) in [6.07, 6.45) is 0.701. The first-order chi connectivity index (χ1) is 12.0. The highest BCUT2D eigenvalue weighted by Gasteiger charge is 2.29. The quantitative estimate of drug-likeness (QED) is 0.837. The van der Waals surface area contributed by atoms with Gasteiger partial charge in [0, 0.05) is 29.9 Å². The number of aromatic nitrogens is 2. The van der Waals surface area contributed by atoms with E-state index in [4.69, 9.17) is 9.47 Å². The molecule has 0 radical (unpaired) electrons. The molecule has 0 bridgehead atoms. The van der Waals surface area contributed by atoms with Crippen molar-refractivity contribution in [3.8, 4) is 11.8 Å². The molecule has 0 spiro atoms. The number of nitrogens with zero attached hydrogens (tertiary/aromatic N) is 3. The smallest absolute Gasteiger partial charge is 0.317 e. The summed E-state index contributed by atoms with van der Waals surface area (Å²) in [5, 5.41) is 0. The van der Waals surface area contributed by atoms with Crippen LogP contribution in [0.25, 0.3) is 0 Å². The Balaban J connectivity index is 1.60. The number of amides is 1. The molecule has 132 valence electrons. The summed E-state index contributed by atoms with van der Waals surface area (Å²) in [5.74, 6) is 0.782. The summed E-state index contributed by atoms with van der Waals surface area (Å²) in [4.78, 5) is 23.0. The Kier molecular flexibility index (Phi) is 5.16. The highest BCUT2D eigenvalue weighted by molar-refractivity contribution is 5.94. The minimum atomic E-state index is -0.0761. The molecule has 0 N–H and O–H groups in total. The van der Waals surface area contributed by atoms with Crippen LogP contribution >= 0.6 is 0 Å². The molecule has 1 atom stereocenters. The molecule has 0 aliphatic carbocycles. The molecule has 1 aromatic carbocycles. The Hall–Kier alpha value is -2.63. The first-order valence-corrected chi connectivity index (χ1v) is 8.56. The Bertz CT molecular complexity index is 726. The van der Waals surface area contributed by atoms with Crippen LogP contribution in [0.1, 0.15) is 35.1 Å². The van der Waals surface area contributed by atoms with Gasteiger partial charge in [-0.05, 0) is 51.1 Å². The van der Waals surface area contributed by atoms with Crippen molar-refractivity contribution >= 4 is 5.91 Å². The lowest BCUT2D eigenvalue weighted by Crippen LogP contribution is -2.31. The van der Waals surface area contributed by atoms with E-state index in [0.717, 1.165) is 23.6 Å². The zero-order valence-corrected chi connectivity index (χ0v) is 14.9. The maximum Gasteiger partial charge on any atom is 0.317 e. The summed E-state index contributed by atoms with van der Waals surface area (Å²) in [5.41, 5.74) is 2.41. The zero-order chi connectivity index (χ0) is 17.8. The molecule has 1 aliphatic rings. The van der Waals surface area contributed by atoms with Crippen molar-refractivity contribution in [1.29, 1.82) is 0 Å². The Morgan fingerprint density at radius 3 is 2.52 bits per heavy atom. The third-order valence-corrected chi connectivity index (χ3v) is 4.08. The number of rotatable bonds is 5. The number of carbonyl (C=O) groups excluding carboxylic acids is 1. The van der Waals surface area contributed by atoms with Gasteiger partial charge in [0.15, 0.2) is 0 Å². The monoisotopic (exact) mass is 341 g/mol. The molecule has 0 unspecified atom stereocenters. The summed E-state index contributed by atoms with van der Waals surface area (Å²) in [6.45, 7) is 7.58. The van der Waals surface area contributed by atoms with Gasteiger partial charge in [0.05, 0.1) is 13.2 Å². The molecular weight excluding hydrogens is 318 g/mol. The van der Waals surface area contributed by atoms with E-state index in [1.165, 1.54) is 0 Å². The Morgan fingerprint density at radius 2 is 1.88 bits per heavy atom. The number of benzene rings is 1. The van der Waals surface area contributed by atoms with E-state index < -0.39 is 0 Å². The van der Waals surface area contributed by atoms with E-state index in [-0.39, 0.29) is 12.0 Å². The topological polar surface area (TPSA) is 64.5 Å². The fraction of sp³-hybridized carbons (Fsp3) is 0.421. The summed E-state index contributed by atoms with van der Waals surface area (Å²) < 4.78 is 11.3. The SMILES string of the molecule is CCOc1ccc(C(=O)N2CC[C@@H](Oc3nc(C)cc(C)n3)C2)cc1. The lowest BCUT2D eigenvalue weighted by molar-refractivity contribution is 0.0769. The second kappa shape index (κ2) is 7.51. The first kappa shape index (κ1) is 17.2. The van der Waals surface area contributed by atoms with Gasteiger partial charge in [0.25, 0.3) is 5.91 Å². The lowest BCUT2D eigenvalue weighted by atomic mass is 10.2. The number of ether oxygens (including phenoxy) is 2. The van der Waals surface area contributed by atoms with Gasteiger partial charge in [-0.2, -0.15) is 0 Å². The molecule has 3 rings (SSSR count). The van der Waals surface area contributed by atoms with Crippen LogP contribution < -0.4 is 9.47 Å². The number of hydrogen-bond donors (Lipinski definition) is 0. The largest absolute Gasteiger partial charge is 0.494 e. The van der Waals surface area contributed by atoms with E-state index >= 15 is 0 Å². The lowest BCUT2D eigenvalue weighted by Gasteiger charge is -2.17. The van der Waals surface area contributed by atoms with Crippen molar-refractivity contribution in [3.05, 3.63) is 47.3 Å². The maximum absolute atomic E-state index is 12.6. The second-order valence-electron chi connectivity index (χ2n) is 6.17. The molecule has 1 saturated heterocycles. The molecule has 1 amide bonds. The van der Waals surface area contributed by atoms with Crippen molar-refractivity contribution < 1.29 is 14.3 Å². The summed E-state index contributed by atoms with van der Waals surface area (Å²) in [7, 11) is 0. The Morgan fingerprint density at radius 1 is 1.20 bits per heavy atom. The second-order valence-corrected chi connectivity index (χ2v) is 6.17. The third-order valence-electron chi connectivity index (χ3n) is 4.08. The van der Waals surface area contributed by atoms with E-state index in [1.807, 2.05) is 43.9 Å². The van der Waals surface area contributed by atoms with Gasteiger partial charge in [-0.15, -0.1) is 0 Å². The average molecular weight is 341 g/mol. The van der Waals surface area contributed by atoms with E-state index in [9.17, 15) is 4.79 Å². The molecule has 25 heavy (non-hydrogen) atoms. The average Bonchev–Trinajstić information content (AvgIpc) is 3.02. The van der Waals surface area contributed by atoms with Crippen LogP contribution in [0.2, 0.25) is 0 Å². The third kappa shape index (κ3) is 4.26. The van der Waals surface area contributed by atoms with Gasteiger partial charge in [-0.25, -0.2) is 9.97 Å². The van der Waals surface area contributed by atoms with Gasteiger partial charge >= 0.3 is 6.01 Å². The minimum absolute atomic E-state index is 0.00971. The number of hydrogen-bond acceptors (Lipinski definition) is 5. The zero-order valence-electron chi connectivity index (χ0n) is 14.9. The molecule has 2 heterocycles. The van der Waals surface area contributed by atoms with Crippen LogP contribution in [0.15, 0.2) is 30.3 Å². The van der Waals surface area contributed by atoms with Crippen LogP contribution in [0.3, 0.4) is 0 Å². The molecular formula is C19H23N3O3. The van der Waals surface area contributed by atoms with Crippen LogP contribution in [0, 0.1) is 13.8 Å². The van der Waals surface area contributed by atoms with Crippen LogP contribution in [-0.2, 0) is 0 Å². The molecule has 2 aromatic rings. The molecule has 6 nitrogen and oxygen atoms in total. The van der Waals surface area contributed by atoms with Crippen molar-refractivity contribution in [1.82, 2.24) is 14.9 Å². The minimum Gasteiger partial charge on any atom is -0.494 e. The van der Waals surface area contributed by atoms with E-state index in [2.05, 4.69) is 9.97 Å². The van der Waals surface area contributed by atoms with Gasteiger partial charge in [-0.3, -0.25) is 4.79 Å². The van der Waals surface area contributed by atoms with Crippen LogP contribution in [0.5, 0.6) is 11.8 Å². The number of carbonyl (C=O) groups is 1. The molecule has 1 aliphatic heterocycles. The van der Waals surface area contributed by atoms with E-state index in [1.54, 1.807) is 12.1 Å². The highest BCUT2D eigenvalue weighted by atomic mass is 16.5. The van der Waals surface area contributed by atoms with Crippen molar-refractivity contribution in [3.63, 3.8) is 0 Å². The maximum atomic E-state index is 12.6. The van der Waals surface area contributed by atoms with Gasteiger partial charge in [-0.1, -0.05) is 0 Å². The molecule has 1 fully saturated rings. The van der Waals surface area contributed by atoms with Gasteiger partial charge in [0.1, 0.15) is 11.9 Å². The van der Waals surface area contributed by atoms with Crippen molar-refractivity contribution in [2.45, 2.75) is 33.3 Å². The van der Waals surface area contributed by atoms with Crippen LogP contribution in [-0.4, -0.2) is 46.6 Å². The predicted octanol–water partition coefficient (Wildman–Crippen LogP) is 2.79. The number of aryl methyl sites for hydroxylation is 2. The Labute approximate surface area is 147 Å². The molecule has 0 saturated carbocycles. The molecule has 1 aromatic heterocycles. The van der Waals surface area contributed by atoms with Crippen LogP contribution in [0.4, 0.5) is 0 Å². The van der Waals surface area contributed by atoms with Crippen molar-refractivity contribution in [2.75, 3.05) is 19.7 Å². The number of likely N-dealkylation sites (tertiary alicyclic amines) is 1. The standard InChI is InChI=1S/C19H23N3O3/c1-4-24-16-7-5-15(6-8-16)18(23)22-10-9-17(12-22)25-19-20-13(2)11-14(3)21-19/h5-8,11,17H,4,9-10,12H2,1-3H3/t17-/m1/s1. The summed E-state index contributed by atoms with van der Waals surface area (Å²) in [6, 6.07) is 9.54. The summed E-state index contributed by atoms with van der Waals surface area (Å²) >= 11 is 0.